The minimum atomic E-state index is -0.948. The molecule has 33 heavy (non-hydrogen) atoms. The van der Waals surface area contributed by atoms with Crippen molar-refractivity contribution >= 4 is 34.3 Å². The van der Waals surface area contributed by atoms with Crippen LogP contribution in [-0.2, 0) is 6.54 Å². The second-order valence-electron chi connectivity index (χ2n) is 7.47. The number of carboxylic acids is 1. The molecule has 0 atom stereocenters. The number of hydrogen-bond donors (Lipinski definition) is 2. The molecular formula is C26H18ClN3O3. The predicted octanol–water partition coefficient (Wildman–Crippen LogP) is 6.52. The van der Waals surface area contributed by atoms with Crippen LogP contribution in [-0.4, -0.2) is 21.0 Å². The summed E-state index contributed by atoms with van der Waals surface area (Å²) in [4.78, 5) is 20.5. The quantitative estimate of drug-likeness (QED) is 0.303. The van der Waals surface area contributed by atoms with Crippen LogP contribution in [0.25, 0.3) is 33.6 Å². The SMILES string of the molecule is O=C(O)c1ccc(CNc2nc(-c3ccco3)nc3cc(-c4ccc(Cl)cc4)ccc23)cc1. The van der Waals surface area contributed by atoms with E-state index in [-0.39, 0.29) is 5.56 Å². The number of rotatable bonds is 6. The van der Waals surface area contributed by atoms with Crippen molar-refractivity contribution in [2.75, 3.05) is 5.32 Å². The molecule has 0 unspecified atom stereocenters. The van der Waals surface area contributed by atoms with Gasteiger partial charge >= 0.3 is 5.97 Å². The van der Waals surface area contributed by atoms with Crippen LogP contribution >= 0.6 is 11.6 Å². The minimum absolute atomic E-state index is 0.251. The number of hydrogen-bond acceptors (Lipinski definition) is 5. The van der Waals surface area contributed by atoms with Crippen LogP contribution in [0.4, 0.5) is 5.82 Å². The van der Waals surface area contributed by atoms with E-state index in [1.54, 1.807) is 36.6 Å². The van der Waals surface area contributed by atoms with Gasteiger partial charge < -0.3 is 14.8 Å². The molecule has 0 saturated heterocycles. The van der Waals surface area contributed by atoms with Crippen molar-refractivity contribution in [1.29, 1.82) is 0 Å². The number of carbonyl (C=O) groups is 1. The Morgan fingerprint density at radius 2 is 1.70 bits per heavy atom. The smallest absolute Gasteiger partial charge is 0.335 e. The first-order valence-electron chi connectivity index (χ1n) is 10.2. The van der Waals surface area contributed by atoms with Crippen LogP contribution in [0.3, 0.4) is 0 Å². The summed E-state index contributed by atoms with van der Waals surface area (Å²) in [5, 5.41) is 14.0. The maximum Gasteiger partial charge on any atom is 0.335 e. The molecule has 0 aliphatic heterocycles. The molecular weight excluding hydrogens is 438 g/mol. The highest BCUT2D eigenvalue weighted by Crippen LogP contribution is 2.30. The van der Waals surface area contributed by atoms with E-state index < -0.39 is 5.97 Å². The van der Waals surface area contributed by atoms with Gasteiger partial charge in [-0.1, -0.05) is 41.9 Å². The molecule has 2 aromatic heterocycles. The van der Waals surface area contributed by atoms with E-state index in [1.165, 1.54) is 0 Å². The molecule has 0 bridgehead atoms. The molecule has 0 aliphatic carbocycles. The zero-order valence-electron chi connectivity index (χ0n) is 17.3. The molecule has 0 aliphatic rings. The highest BCUT2D eigenvalue weighted by atomic mass is 35.5. The zero-order chi connectivity index (χ0) is 22.8. The van der Waals surface area contributed by atoms with Gasteiger partial charge in [-0.25, -0.2) is 14.8 Å². The summed E-state index contributed by atoms with van der Waals surface area (Å²) in [6, 6.07) is 24.0. The monoisotopic (exact) mass is 455 g/mol. The zero-order valence-corrected chi connectivity index (χ0v) is 18.1. The molecule has 2 heterocycles. The van der Waals surface area contributed by atoms with E-state index in [4.69, 9.17) is 31.1 Å². The minimum Gasteiger partial charge on any atom is -0.478 e. The van der Waals surface area contributed by atoms with E-state index in [0.717, 1.165) is 27.6 Å². The molecule has 6 nitrogen and oxygen atoms in total. The first-order chi connectivity index (χ1) is 16.1. The topological polar surface area (TPSA) is 88.2 Å². The van der Waals surface area contributed by atoms with Gasteiger partial charge in [-0.2, -0.15) is 0 Å². The molecule has 0 fully saturated rings. The van der Waals surface area contributed by atoms with Gasteiger partial charge in [0.25, 0.3) is 0 Å². The standard InChI is InChI=1S/C26H18ClN3O3/c27-20-10-7-17(8-11-20)19-9-12-21-22(14-19)29-25(23-2-1-13-33-23)30-24(21)28-15-16-3-5-18(6-4-16)26(31)32/h1-14H,15H2,(H,31,32)(H,28,29,30). The van der Waals surface area contributed by atoms with Crippen LogP contribution in [0.2, 0.25) is 5.02 Å². The van der Waals surface area contributed by atoms with Crippen molar-refractivity contribution in [2.24, 2.45) is 0 Å². The van der Waals surface area contributed by atoms with Crippen LogP contribution < -0.4 is 5.32 Å². The Morgan fingerprint density at radius 3 is 2.39 bits per heavy atom. The number of nitrogens with zero attached hydrogens (tertiary/aromatic N) is 2. The van der Waals surface area contributed by atoms with Gasteiger partial charge in [-0.3, -0.25) is 0 Å². The van der Waals surface area contributed by atoms with Crippen LogP contribution in [0.1, 0.15) is 15.9 Å². The third-order valence-electron chi connectivity index (χ3n) is 5.28. The number of nitrogens with one attached hydrogen (secondary N) is 1. The maximum absolute atomic E-state index is 11.1. The Labute approximate surface area is 194 Å². The van der Waals surface area contributed by atoms with E-state index in [2.05, 4.69) is 5.32 Å². The summed E-state index contributed by atoms with van der Waals surface area (Å²) in [6.45, 7) is 0.475. The number of anilines is 1. The fourth-order valence-corrected chi connectivity index (χ4v) is 3.68. The lowest BCUT2D eigenvalue weighted by Gasteiger charge is -2.12. The third kappa shape index (κ3) is 4.42. The molecule has 0 radical (unpaired) electrons. The Kier molecular flexibility index (Phi) is 5.50. The average Bonchev–Trinajstić information content (AvgIpc) is 3.38. The number of furan rings is 1. The van der Waals surface area contributed by atoms with Crippen LogP contribution in [0.5, 0.6) is 0 Å². The summed E-state index contributed by atoms with van der Waals surface area (Å²) < 4.78 is 5.53. The van der Waals surface area contributed by atoms with Gasteiger partial charge in [0.2, 0.25) is 0 Å². The maximum atomic E-state index is 11.1. The van der Waals surface area contributed by atoms with E-state index in [1.807, 2.05) is 48.5 Å². The summed E-state index contributed by atoms with van der Waals surface area (Å²) in [7, 11) is 0. The number of benzene rings is 3. The van der Waals surface area contributed by atoms with E-state index in [0.29, 0.717) is 29.0 Å². The molecule has 5 rings (SSSR count). The van der Waals surface area contributed by atoms with Crippen molar-refractivity contribution in [2.45, 2.75) is 6.54 Å². The number of aromatic nitrogens is 2. The lowest BCUT2D eigenvalue weighted by atomic mass is 10.0. The Bertz CT molecular complexity index is 1430. The van der Waals surface area contributed by atoms with E-state index in [9.17, 15) is 4.79 Å². The average molecular weight is 456 g/mol. The fourth-order valence-electron chi connectivity index (χ4n) is 3.55. The Hall–Kier alpha value is -4.16. The second-order valence-corrected chi connectivity index (χ2v) is 7.90. The van der Waals surface area contributed by atoms with Crippen molar-refractivity contribution < 1.29 is 14.3 Å². The largest absolute Gasteiger partial charge is 0.478 e. The molecule has 7 heteroatoms. The lowest BCUT2D eigenvalue weighted by Crippen LogP contribution is -2.05. The predicted molar refractivity (Wildman–Crippen MR) is 128 cm³/mol. The number of fused-ring (bicyclic) bond motifs is 1. The Balaban J connectivity index is 1.53. The normalized spacial score (nSPS) is 10.9. The van der Waals surface area contributed by atoms with Crippen LogP contribution in [0.15, 0.2) is 89.5 Å². The fraction of sp³-hybridized carbons (Fsp3) is 0.0385. The lowest BCUT2D eigenvalue weighted by molar-refractivity contribution is 0.0697. The second kappa shape index (κ2) is 8.76. The van der Waals surface area contributed by atoms with Gasteiger partial charge in [-0.05, 0) is 65.2 Å². The van der Waals surface area contributed by atoms with Crippen molar-refractivity contribution in [3.05, 3.63) is 101 Å². The summed E-state index contributed by atoms with van der Waals surface area (Å²) in [6.07, 6.45) is 1.59. The summed E-state index contributed by atoms with van der Waals surface area (Å²) in [5.74, 6) is 0.763. The molecule has 2 N–H and O–H groups in total. The molecule has 0 amide bonds. The number of carboxylic acid groups (broad SMARTS) is 1. The van der Waals surface area contributed by atoms with Crippen molar-refractivity contribution in [1.82, 2.24) is 9.97 Å². The van der Waals surface area contributed by atoms with Gasteiger partial charge in [0.15, 0.2) is 11.6 Å². The number of halogens is 1. The van der Waals surface area contributed by atoms with Gasteiger partial charge in [-0.15, -0.1) is 0 Å². The van der Waals surface area contributed by atoms with Gasteiger partial charge in [0.1, 0.15) is 5.82 Å². The Morgan fingerprint density at radius 1 is 0.939 bits per heavy atom. The number of aromatic carboxylic acids is 1. The van der Waals surface area contributed by atoms with E-state index >= 15 is 0 Å². The van der Waals surface area contributed by atoms with Crippen molar-refractivity contribution in [3.8, 4) is 22.7 Å². The van der Waals surface area contributed by atoms with Crippen LogP contribution in [0, 0.1) is 0 Å². The molecule has 0 saturated carbocycles. The molecule has 0 spiro atoms. The molecule has 5 aromatic rings. The summed E-state index contributed by atoms with van der Waals surface area (Å²) in [5.41, 5.74) is 4.00. The highest BCUT2D eigenvalue weighted by molar-refractivity contribution is 6.30. The van der Waals surface area contributed by atoms with Gasteiger partial charge in [0, 0.05) is 17.0 Å². The summed E-state index contributed by atoms with van der Waals surface area (Å²) >= 11 is 6.03. The van der Waals surface area contributed by atoms with Crippen molar-refractivity contribution in [3.63, 3.8) is 0 Å². The first kappa shape index (κ1) is 20.7. The molecule has 3 aromatic carbocycles. The first-order valence-corrected chi connectivity index (χ1v) is 10.6. The third-order valence-corrected chi connectivity index (χ3v) is 5.53. The molecule has 162 valence electrons. The highest BCUT2D eigenvalue weighted by Gasteiger charge is 2.13. The van der Waals surface area contributed by atoms with Gasteiger partial charge in [0.05, 0.1) is 17.3 Å².